The molecule has 0 spiro atoms. The number of hydrogen-bond donors (Lipinski definition) is 0. The van der Waals surface area contributed by atoms with Gasteiger partial charge in [-0.05, 0) is 288 Å². The summed E-state index contributed by atoms with van der Waals surface area (Å²) in [6, 6.07) is 130. The maximum Gasteiger partial charge on any atom is 0.138 e. The van der Waals surface area contributed by atoms with Gasteiger partial charge in [-0.15, -0.1) is 0 Å². The molecule has 0 fully saturated rings. The maximum absolute atomic E-state index is 5.00. The van der Waals surface area contributed by atoms with Crippen molar-refractivity contribution in [2.75, 3.05) is 4.90 Å². The molecular weight excluding hydrogens is 1620 g/mol. The van der Waals surface area contributed by atoms with E-state index in [9.17, 15) is 0 Å². The van der Waals surface area contributed by atoms with Gasteiger partial charge in [0.2, 0.25) is 0 Å². The molecule has 133 heavy (non-hydrogen) atoms. The highest BCUT2D eigenvalue weighted by atomic mass is 15.2. The Morgan fingerprint density at radius 2 is 0.586 bits per heavy atom. The van der Waals surface area contributed by atoms with E-state index in [-0.39, 0.29) is 21.7 Å². The van der Waals surface area contributed by atoms with Crippen molar-refractivity contribution in [1.29, 1.82) is 0 Å². The van der Waals surface area contributed by atoms with Crippen LogP contribution in [0.2, 0.25) is 0 Å². The van der Waals surface area contributed by atoms with Crippen molar-refractivity contribution in [1.82, 2.24) is 43.2 Å². The van der Waals surface area contributed by atoms with E-state index in [4.69, 9.17) is 15.0 Å². The van der Waals surface area contributed by atoms with Gasteiger partial charge in [-0.3, -0.25) is 19.9 Å². The van der Waals surface area contributed by atoms with E-state index in [0.29, 0.717) is 0 Å². The topological polar surface area (TPSA) is 87.4 Å². The van der Waals surface area contributed by atoms with Crippen molar-refractivity contribution in [3.8, 4) is 89.5 Å². The van der Waals surface area contributed by atoms with Gasteiger partial charge >= 0.3 is 0 Å². The first-order valence-electron chi connectivity index (χ1n) is 46.2. The molecule has 636 valence electrons. The average Bonchev–Trinajstić information content (AvgIpc) is 1.54. The van der Waals surface area contributed by atoms with E-state index in [1.54, 1.807) is 0 Å². The van der Waals surface area contributed by atoms with Crippen LogP contribution in [0.25, 0.3) is 177 Å². The molecule has 10 heteroatoms. The highest BCUT2D eigenvalue weighted by Gasteiger charge is 2.43. The number of nitrogens with zero attached hydrogens (tertiary/aromatic N) is 10. The smallest absolute Gasteiger partial charge is 0.138 e. The quantitative estimate of drug-likeness (QED) is 0.143. The summed E-state index contributed by atoms with van der Waals surface area (Å²) in [6.45, 7) is 23.1. The zero-order valence-electron chi connectivity index (χ0n) is 75.9. The largest absolute Gasteiger partial charge is 0.309 e. The number of benzene rings is 14. The molecule has 0 radical (unpaired) electrons. The van der Waals surface area contributed by atoms with Crippen LogP contribution in [-0.4, -0.2) is 43.2 Å². The Balaban J connectivity index is 0.000000107. The fourth-order valence-corrected chi connectivity index (χ4v) is 23.2. The summed E-state index contributed by atoms with van der Waals surface area (Å²) in [4.78, 5) is 26.2. The van der Waals surface area contributed by atoms with Crippen molar-refractivity contribution in [2.24, 2.45) is 0 Å². The van der Waals surface area contributed by atoms with Crippen molar-refractivity contribution < 1.29 is 0 Å². The molecule has 0 N–H and O–H groups in total. The molecule has 23 aromatic rings. The molecule has 4 aliphatic carbocycles. The van der Waals surface area contributed by atoms with Crippen molar-refractivity contribution in [2.45, 2.75) is 90.9 Å². The Hall–Kier alpha value is -16.2. The molecule has 4 aliphatic rings. The predicted molar refractivity (Wildman–Crippen MR) is 551 cm³/mol. The van der Waals surface area contributed by atoms with Crippen molar-refractivity contribution in [3.05, 3.63) is 445 Å². The lowest BCUT2D eigenvalue weighted by molar-refractivity contribution is 0.660. The van der Waals surface area contributed by atoms with Crippen LogP contribution in [0.5, 0.6) is 0 Å². The highest BCUT2D eigenvalue weighted by Crippen LogP contribution is 2.58. The zero-order chi connectivity index (χ0) is 89.7. The van der Waals surface area contributed by atoms with Crippen LogP contribution < -0.4 is 4.90 Å². The lowest BCUT2D eigenvalue weighted by Crippen LogP contribution is -2.16. The van der Waals surface area contributed by atoms with Crippen LogP contribution in [0, 0.1) is 13.8 Å². The maximum atomic E-state index is 5.00. The minimum atomic E-state index is -0.147. The van der Waals surface area contributed by atoms with Crippen molar-refractivity contribution in [3.63, 3.8) is 0 Å². The third-order valence-electron chi connectivity index (χ3n) is 29.3. The molecule has 0 saturated heterocycles. The number of anilines is 3. The summed E-state index contributed by atoms with van der Waals surface area (Å²) in [5.74, 6) is 1.63. The number of aryl methyl sites for hydroxylation is 2. The van der Waals surface area contributed by atoms with E-state index in [1.165, 1.54) is 177 Å². The first-order chi connectivity index (χ1) is 64.9. The molecule has 0 atom stereocenters. The van der Waals surface area contributed by atoms with Gasteiger partial charge in [0.25, 0.3) is 0 Å². The fraction of sp³-hybridized carbons (Fsp3) is 0.114. The molecule has 10 nitrogen and oxygen atoms in total. The van der Waals surface area contributed by atoms with E-state index in [2.05, 4.69) is 418 Å². The molecule has 0 unspecified atom stereocenters. The summed E-state index contributed by atoms with van der Waals surface area (Å²) in [5.41, 5.74) is 46.8. The average molecular weight is 1710 g/mol. The van der Waals surface area contributed by atoms with Crippen LogP contribution in [0.4, 0.5) is 17.3 Å². The molecule has 9 aromatic heterocycles. The second-order valence-corrected chi connectivity index (χ2v) is 38.5. The van der Waals surface area contributed by atoms with Gasteiger partial charge in [-0.25, -0.2) is 9.97 Å². The van der Waals surface area contributed by atoms with Gasteiger partial charge < -0.3 is 18.3 Å². The van der Waals surface area contributed by atoms with Crippen LogP contribution in [-0.2, 0) is 21.7 Å². The monoisotopic (exact) mass is 1710 g/mol. The van der Waals surface area contributed by atoms with Crippen LogP contribution in [0.3, 0.4) is 0 Å². The Morgan fingerprint density at radius 1 is 0.226 bits per heavy atom. The fourth-order valence-electron chi connectivity index (χ4n) is 23.2. The molecule has 14 aromatic carbocycles. The van der Waals surface area contributed by atoms with E-state index in [1.807, 2.05) is 73.4 Å². The Bertz CT molecular complexity index is 8710. The second-order valence-electron chi connectivity index (χ2n) is 38.5. The van der Waals surface area contributed by atoms with E-state index < -0.39 is 0 Å². The molecule has 0 amide bonds. The summed E-state index contributed by atoms with van der Waals surface area (Å²) < 4.78 is 9.68. The molecule has 9 heterocycles. The third-order valence-corrected chi connectivity index (χ3v) is 29.3. The van der Waals surface area contributed by atoms with Crippen LogP contribution in [0.1, 0.15) is 111 Å². The SMILES string of the molecule is CC1(C)c2ccccc2-c2ccc3c4ncccc4n(-c4ccc(N(c5ccccn5)c5ccccn5)cc4)c3c21.Cc1cnc2c3ccc4c(c3n(-c3ccc(-c5ccc6c(c5)C(C)(C)c5ccccc5-6)cc3)c2c1)C(C)(C)c1ccccc1-4.Cc1cnc2c3ccc4c(c3n(-c3ccc(-c5ccc6c(c5)c5ccccc5n6-c5ccccc5)cc3)c2c1)C(C)(C)c1ccccc1-4. The molecule has 0 saturated carbocycles. The number of pyridine rings is 5. The number of rotatable bonds is 9. The minimum absolute atomic E-state index is 0.0134. The van der Waals surface area contributed by atoms with Crippen LogP contribution >= 0.6 is 0 Å². The van der Waals surface area contributed by atoms with Gasteiger partial charge in [-0.2, -0.15) is 0 Å². The Labute approximate surface area is 772 Å². The Morgan fingerprint density at radius 3 is 1.08 bits per heavy atom. The summed E-state index contributed by atoms with van der Waals surface area (Å²) in [6.07, 6.45) is 9.50. The summed E-state index contributed by atoms with van der Waals surface area (Å²) in [5, 5.41) is 6.11. The number of fused-ring (bicyclic) bond motifs is 27. The van der Waals surface area contributed by atoms with E-state index in [0.717, 1.165) is 73.0 Å². The minimum Gasteiger partial charge on any atom is -0.309 e. The van der Waals surface area contributed by atoms with Gasteiger partial charge in [0.15, 0.2) is 0 Å². The summed E-state index contributed by atoms with van der Waals surface area (Å²) >= 11 is 0. The molecular formula is C123H94N10. The number of aromatic nitrogens is 9. The second kappa shape index (κ2) is 29.7. The van der Waals surface area contributed by atoms with Gasteiger partial charge in [-0.1, -0.05) is 262 Å². The zero-order valence-corrected chi connectivity index (χ0v) is 75.9. The molecule has 0 bridgehead atoms. The molecule has 0 aliphatic heterocycles. The normalized spacial score (nSPS) is 14.0. The number of para-hydroxylation sites is 2. The van der Waals surface area contributed by atoms with E-state index >= 15 is 0 Å². The van der Waals surface area contributed by atoms with Crippen LogP contribution in [0.15, 0.2) is 389 Å². The standard InChI is InChI=1S/C45H33N3.C42H34N2.C36H27N5/c1-28-25-41-43(46-27-28)36-23-22-35-33-13-7-9-15-38(33)45(2,3)42(35)44(36)48(41)32-20-17-29(18-21-32)30-19-24-40-37(26-30)34-14-8-10-16-39(34)47(40)31-11-5-4-6-12-31;1-25-22-37-39(43-24-25)33-21-20-32-30-11-7-9-13-35(30)42(4,5)38(32)40(33)44(37)28-17-14-26(15-18-28)27-16-19-31-29-10-6-8-12-34(29)41(2,3)36(31)23-27;1-36(2)29-11-4-3-10-26(29)27-19-20-28-34-30(12-9-23-39-34)40(35(28)33(27)36)24-15-17-25(18-16-24)41(31-13-5-7-21-37-31)32-14-6-8-22-38-32/h4-27H,1-3H3;6-24H,1-5H3;3-23H,1-2H3. The first kappa shape index (κ1) is 79.0. The number of hydrogen-bond acceptors (Lipinski definition) is 6. The first-order valence-corrected chi connectivity index (χ1v) is 46.2. The van der Waals surface area contributed by atoms with Gasteiger partial charge in [0.05, 0.1) is 60.7 Å². The molecule has 27 rings (SSSR count). The summed E-state index contributed by atoms with van der Waals surface area (Å²) in [7, 11) is 0. The highest BCUT2D eigenvalue weighted by molar-refractivity contribution is 6.16. The Kier molecular flexibility index (Phi) is 17.6. The van der Waals surface area contributed by atoms with Gasteiger partial charge in [0, 0.05) is 108 Å². The lowest BCUT2D eigenvalue weighted by atomic mass is 9.81. The lowest BCUT2D eigenvalue weighted by Gasteiger charge is -2.24. The predicted octanol–water partition coefficient (Wildman–Crippen LogP) is 31.1. The van der Waals surface area contributed by atoms with Crippen molar-refractivity contribution >= 4 is 105 Å². The third kappa shape index (κ3) is 11.9. The van der Waals surface area contributed by atoms with Gasteiger partial charge in [0.1, 0.15) is 11.6 Å².